The highest BCUT2D eigenvalue weighted by Crippen LogP contribution is 2.20. The maximum Gasteiger partial charge on any atom is 0.271 e. The van der Waals surface area contributed by atoms with Crippen LogP contribution in [-0.4, -0.2) is 32.1 Å². The third-order valence-electron chi connectivity index (χ3n) is 3.09. The number of rotatable bonds is 3. The number of phenols is 2. The largest absolute Gasteiger partial charge is 0.508 e. The fourth-order valence-corrected chi connectivity index (χ4v) is 1.92. The Labute approximate surface area is 121 Å². The smallest absolute Gasteiger partial charge is 0.271 e. The molecule has 1 aromatic carbocycles. The van der Waals surface area contributed by atoms with Gasteiger partial charge in [-0.05, 0) is 26.0 Å². The van der Waals surface area contributed by atoms with Crippen molar-refractivity contribution in [1.29, 1.82) is 0 Å². The van der Waals surface area contributed by atoms with Gasteiger partial charge in [0.2, 0.25) is 0 Å². The van der Waals surface area contributed by atoms with Gasteiger partial charge in [-0.1, -0.05) is 0 Å². The number of aromatic nitrogens is 2. The van der Waals surface area contributed by atoms with Crippen molar-refractivity contribution in [2.75, 3.05) is 0 Å². The Kier molecular flexibility index (Phi) is 3.93. The van der Waals surface area contributed by atoms with E-state index in [0.717, 1.165) is 23.0 Å². The van der Waals surface area contributed by atoms with Crippen LogP contribution in [-0.2, 0) is 7.05 Å². The molecule has 3 N–H and O–H groups in total. The first kappa shape index (κ1) is 14.6. The fraction of sp³-hybridized carbons (Fsp3) is 0.214. The highest BCUT2D eigenvalue weighted by Gasteiger charge is 2.09. The van der Waals surface area contributed by atoms with Crippen molar-refractivity contribution in [3.05, 3.63) is 40.7 Å². The first-order chi connectivity index (χ1) is 9.88. The van der Waals surface area contributed by atoms with E-state index in [4.69, 9.17) is 0 Å². The number of carbonyl (C=O) groups is 1. The van der Waals surface area contributed by atoms with Crippen LogP contribution >= 0.6 is 0 Å². The van der Waals surface area contributed by atoms with Gasteiger partial charge in [0, 0.05) is 29.9 Å². The summed E-state index contributed by atoms with van der Waals surface area (Å²) in [6, 6.07) is 3.62. The van der Waals surface area contributed by atoms with E-state index in [-0.39, 0.29) is 17.1 Å². The Morgan fingerprint density at radius 2 is 1.90 bits per heavy atom. The monoisotopic (exact) mass is 288 g/mol. The van der Waals surface area contributed by atoms with Gasteiger partial charge in [-0.25, -0.2) is 5.43 Å². The van der Waals surface area contributed by atoms with Gasteiger partial charge in [0.25, 0.3) is 5.91 Å². The lowest BCUT2D eigenvalue weighted by Crippen LogP contribution is -2.17. The molecule has 0 atom stereocenters. The van der Waals surface area contributed by atoms with Crippen LogP contribution in [0, 0.1) is 13.8 Å². The molecule has 7 nitrogen and oxygen atoms in total. The lowest BCUT2D eigenvalue weighted by molar-refractivity contribution is 0.0954. The van der Waals surface area contributed by atoms with Crippen LogP contribution in [0.3, 0.4) is 0 Å². The van der Waals surface area contributed by atoms with E-state index in [1.54, 1.807) is 4.68 Å². The average molecular weight is 288 g/mol. The summed E-state index contributed by atoms with van der Waals surface area (Å²) in [5.41, 5.74) is 5.02. The second kappa shape index (κ2) is 5.66. The zero-order valence-corrected chi connectivity index (χ0v) is 12.0. The third-order valence-corrected chi connectivity index (χ3v) is 3.09. The van der Waals surface area contributed by atoms with Crippen molar-refractivity contribution in [2.24, 2.45) is 12.1 Å². The van der Waals surface area contributed by atoms with Crippen LogP contribution in [0.5, 0.6) is 11.5 Å². The van der Waals surface area contributed by atoms with Gasteiger partial charge in [0.05, 0.1) is 11.9 Å². The van der Waals surface area contributed by atoms with E-state index in [0.29, 0.717) is 0 Å². The molecule has 1 heterocycles. The number of phenolic OH excluding ortho intramolecular Hbond substituents is 2. The van der Waals surface area contributed by atoms with Crippen molar-refractivity contribution in [2.45, 2.75) is 13.8 Å². The predicted octanol–water partition coefficient (Wildman–Crippen LogP) is 1.21. The topological polar surface area (TPSA) is 99.7 Å². The van der Waals surface area contributed by atoms with Crippen molar-refractivity contribution in [3.8, 4) is 11.5 Å². The zero-order chi connectivity index (χ0) is 15.6. The number of hydrazone groups is 1. The zero-order valence-electron chi connectivity index (χ0n) is 12.0. The number of benzene rings is 1. The van der Waals surface area contributed by atoms with Crippen LogP contribution in [0.4, 0.5) is 0 Å². The number of carbonyl (C=O) groups excluding carboxylic acids is 1. The Morgan fingerprint density at radius 3 is 2.43 bits per heavy atom. The van der Waals surface area contributed by atoms with Gasteiger partial charge >= 0.3 is 0 Å². The summed E-state index contributed by atoms with van der Waals surface area (Å²) in [5, 5.41) is 26.8. The third kappa shape index (κ3) is 3.19. The molecule has 110 valence electrons. The molecule has 0 unspecified atom stereocenters. The number of amides is 1. The number of nitrogens with zero attached hydrogens (tertiary/aromatic N) is 3. The summed E-state index contributed by atoms with van der Waals surface area (Å²) in [4.78, 5) is 11.8. The maximum atomic E-state index is 11.8. The van der Waals surface area contributed by atoms with Crippen LogP contribution in [0.2, 0.25) is 0 Å². The first-order valence-electron chi connectivity index (χ1n) is 6.25. The summed E-state index contributed by atoms with van der Waals surface area (Å²) in [6.07, 6.45) is 1.51. The highest BCUT2D eigenvalue weighted by molar-refractivity contribution is 5.95. The van der Waals surface area contributed by atoms with Crippen LogP contribution < -0.4 is 5.43 Å². The van der Waals surface area contributed by atoms with Crippen LogP contribution in [0.1, 0.15) is 27.3 Å². The minimum absolute atomic E-state index is 0.115. The van der Waals surface area contributed by atoms with E-state index in [2.05, 4.69) is 15.6 Å². The molecule has 21 heavy (non-hydrogen) atoms. The summed E-state index contributed by atoms with van der Waals surface area (Å²) in [6.45, 7) is 3.75. The molecule has 1 amide bonds. The molecular formula is C14H16N4O3. The summed E-state index contributed by atoms with van der Waals surface area (Å²) < 4.78 is 1.73. The van der Waals surface area contributed by atoms with Gasteiger partial charge in [-0.3, -0.25) is 9.48 Å². The number of nitrogens with one attached hydrogen (secondary N) is 1. The van der Waals surface area contributed by atoms with E-state index in [1.807, 2.05) is 20.9 Å². The Morgan fingerprint density at radius 1 is 1.29 bits per heavy atom. The molecule has 0 saturated carbocycles. The van der Waals surface area contributed by atoms with E-state index < -0.39 is 5.91 Å². The standard InChI is InChI=1S/C14H16N4O3/c1-8-13(9(2)18(3)17-8)7-15-16-14(21)10-4-11(19)6-12(20)5-10/h4-7,19-20H,1-3H3,(H,16,21)/b15-7-. The number of hydrogen-bond donors (Lipinski definition) is 3. The number of aromatic hydroxyl groups is 2. The van der Waals surface area contributed by atoms with Gasteiger partial charge in [-0.2, -0.15) is 10.2 Å². The van der Waals surface area contributed by atoms with E-state index in [1.165, 1.54) is 18.3 Å². The normalized spacial score (nSPS) is 11.0. The maximum absolute atomic E-state index is 11.8. The predicted molar refractivity (Wildman–Crippen MR) is 77.5 cm³/mol. The molecule has 2 rings (SSSR count). The molecule has 0 aliphatic heterocycles. The molecule has 2 aromatic rings. The second-order valence-electron chi connectivity index (χ2n) is 4.65. The lowest BCUT2D eigenvalue weighted by atomic mass is 10.2. The first-order valence-corrected chi connectivity index (χ1v) is 6.25. The van der Waals surface area contributed by atoms with Gasteiger partial charge < -0.3 is 10.2 Å². The summed E-state index contributed by atoms with van der Waals surface area (Å²) in [7, 11) is 1.83. The minimum atomic E-state index is -0.531. The van der Waals surface area contributed by atoms with Crippen molar-refractivity contribution < 1.29 is 15.0 Å². The Balaban J connectivity index is 2.12. The lowest BCUT2D eigenvalue weighted by Gasteiger charge is -2.02. The number of aryl methyl sites for hydroxylation is 2. The van der Waals surface area contributed by atoms with Gasteiger partial charge in [-0.15, -0.1) is 0 Å². The van der Waals surface area contributed by atoms with Crippen molar-refractivity contribution in [3.63, 3.8) is 0 Å². The summed E-state index contributed by atoms with van der Waals surface area (Å²) >= 11 is 0. The van der Waals surface area contributed by atoms with Crippen molar-refractivity contribution >= 4 is 12.1 Å². The van der Waals surface area contributed by atoms with Crippen molar-refractivity contribution in [1.82, 2.24) is 15.2 Å². The molecule has 7 heteroatoms. The molecule has 0 radical (unpaired) electrons. The van der Waals surface area contributed by atoms with Crippen LogP contribution in [0.15, 0.2) is 23.3 Å². The molecule has 0 aliphatic carbocycles. The van der Waals surface area contributed by atoms with Gasteiger partial charge in [0.15, 0.2) is 0 Å². The molecular weight excluding hydrogens is 272 g/mol. The Hall–Kier alpha value is -2.83. The molecule has 1 aromatic heterocycles. The Bertz CT molecular complexity index is 699. The highest BCUT2D eigenvalue weighted by atomic mass is 16.3. The molecule has 0 fully saturated rings. The minimum Gasteiger partial charge on any atom is -0.508 e. The quantitative estimate of drug-likeness (QED) is 0.584. The molecule has 0 bridgehead atoms. The van der Waals surface area contributed by atoms with Crippen LogP contribution in [0.25, 0.3) is 0 Å². The second-order valence-corrected chi connectivity index (χ2v) is 4.65. The fourth-order valence-electron chi connectivity index (χ4n) is 1.92. The average Bonchev–Trinajstić information content (AvgIpc) is 2.63. The van der Waals surface area contributed by atoms with Gasteiger partial charge in [0.1, 0.15) is 11.5 Å². The molecule has 0 saturated heterocycles. The summed E-state index contributed by atoms with van der Waals surface area (Å²) in [5.74, 6) is -0.914. The van der Waals surface area contributed by atoms with E-state index >= 15 is 0 Å². The SMILES string of the molecule is Cc1nn(C)c(C)c1/C=N\NC(=O)c1cc(O)cc(O)c1. The molecule has 0 spiro atoms. The molecule has 0 aliphatic rings. The van der Waals surface area contributed by atoms with E-state index in [9.17, 15) is 15.0 Å². The number of hydrogen-bond acceptors (Lipinski definition) is 5.